The number of fused-ring (bicyclic) bond motifs is 1. The fraction of sp³-hybridized carbons (Fsp3) is 0.560. The molecule has 1 fully saturated rings. The quantitative estimate of drug-likeness (QED) is 0.551. The normalized spacial score (nSPS) is 17.1. The first kappa shape index (κ1) is 21.4. The summed E-state index contributed by atoms with van der Waals surface area (Å²) >= 11 is 1.23. The summed E-state index contributed by atoms with van der Waals surface area (Å²) in [7, 11) is 0. The Balaban J connectivity index is 1.52. The molecule has 0 unspecified atom stereocenters. The third kappa shape index (κ3) is 4.88. The molecule has 1 aliphatic heterocycles. The van der Waals surface area contributed by atoms with Crippen molar-refractivity contribution in [2.24, 2.45) is 5.92 Å². The molecule has 2 aromatic rings. The van der Waals surface area contributed by atoms with E-state index in [0.717, 1.165) is 60.8 Å². The van der Waals surface area contributed by atoms with Gasteiger partial charge in [-0.1, -0.05) is 25.7 Å². The van der Waals surface area contributed by atoms with Crippen LogP contribution < -0.4 is 10.2 Å². The van der Waals surface area contributed by atoms with Crippen molar-refractivity contribution >= 4 is 28.6 Å². The Bertz CT molecular complexity index is 901. The predicted molar refractivity (Wildman–Crippen MR) is 124 cm³/mol. The van der Waals surface area contributed by atoms with Crippen LogP contribution in [-0.2, 0) is 17.8 Å². The number of nitrogens with one attached hydrogen (secondary N) is 1. The Kier molecular flexibility index (Phi) is 6.77. The molecule has 1 amide bonds. The molecule has 1 aromatic carbocycles. The standard InChI is InChI=1S/C25H33FN2OS/c1-17-15-22-21(9-5-6-14-28(22)16-20-11-12-23(26)30-20)18(2)25(17)27-24(29)13-10-19-7-3-4-8-19/h11-12,15,19H,3-10,13-14,16H2,1-2H3,(H,27,29). The van der Waals surface area contributed by atoms with Crippen molar-refractivity contribution in [1.29, 1.82) is 0 Å². The molecule has 4 rings (SSSR count). The first-order valence-electron chi connectivity index (χ1n) is 11.4. The zero-order valence-electron chi connectivity index (χ0n) is 18.2. The fourth-order valence-corrected chi connectivity index (χ4v) is 5.89. The van der Waals surface area contributed by atoms with Crippen molar-refractivity contribution in [3.05, 3.63) is 44.9 Å². The minimum atomic E-state index is -0.122. The smallest absolute Gasteiger partial charge is 0.224 e. The van der Waals surface area contributed by atoms with Gasteiger partial charge in [-0.25, -0.2) is 0 Å². The Morgan fingerprint density at radius 2 is 2.00 bits per heavy atom. The average Bonchev–Trinajstić information content (AvgIpc) is 3.34. The summed E-state index contributed by atoms with van der Waals surface area (Å²) in [5, 5.41) is 3.11. The number of rotatable bonds is 6. The molecule has 1 aliphatic carbocycles. The van der Waals surface area contributed by atoms with Crippen LogP contribution in [0.2, 0.25) is 0 Å². The van der Waals surface area contributed by atoms with Crippen molar-refractivity contribution < 1.29 is 9.18 Å². The zero-order chi connectivity index (χ0) is 21.1. The molecule has 2 heterocycles. The Morgan fingerprint density at radius 1 is 1.20 bits per heavy atom. The van der Waals surface area contributed by atoms with Gasteiger partial charge in [0.1, 0.15) is 0 Å². The van der Waals surface area contributed by atoms with E-state index in [-0.39, 0.29) is 11.0 Å². The van der Waals surface area contributed by atoms with Gasteiger partial charge in [-0.2, -0.15) is 4.39 Å². The van der Waals surface area contributed by atoms with E-state index in [1.165, 1.54) is 53.8 Å². The predicted octanol–water partition coefficient (Wildman–Crippen LogP) is 6.76. The zero-order valence-corrected chi connectivity index (χ0v) is 19.0. The second kappa shape index (κ2) is 9.51. The highest BCUT2D eigenvalue weighted by Gasteiger charge is 2.22. The Morgan fingerprint density at radius 3 is 2.73 bits per heavy atom. The number of thiophene rings is 1. The summed E-state index contributed by atoms with van der Waals surface area (Å²) < 4.78 is 13.5. The molecular formula is C25H33FN2OS. The van der Waals surface area contributed by atoms with Crippen LogP contribution in [0.3, 0.4) is 0 Å². The molecule has 30 heavy (non-hydrogen) atoms. The highest BCUT2D eigenvalue weighted by atomic mass is 32.1. The van der Waals surface area contributed by atoms with Gasteiger partial charge in [0, 0.05) is 29.2 Å². The maximum Gasteiger partial charge on any atom is 0.224 e. The van der Waals surface area contributed by atoms with Crippen LogP contribution in [0.25, 0.3) is 0 Å². The van der Waals surface area contributed by atoms with Gasteiger partial charge in [0.05, 0.1) is 6.54 Å². The summed E-state index contributed by atoms with van der Waals surface area (Å²) in [5.41, 5.74) is 5.89. The molecule has 162 valence electrons. The molecule has 0 atom stereocenters. The van der Waals surface area contributed by atoms with Crippen molar-refractivity contribution in [3.8, 4) is 0 Å². The minimum absolute atomic E-state index is 0.122. The third-order valence-corrected chi connectivity index (χ3v) is 7.68. The van der Waals surface area contributed by atoms with Gasteiger partial charge < -0.3 is 10.2 Å². The summed E-state index contributed by atoms with van der Waals surface area (Å²) in [6.07, 6.45) is 10.2. The van der Waals surface area contributed by atoms with Gasteiger partial charge in [0.15, 0.2) is 5.13 Å². The number of carbonyl (C=O) groups excluding carboxylic acids is 1. The fourth-order valence-electron chi connectivity index (χ4n) is 5.14. The monoisotopic (exact) mass is 428 g/mol. The van der Waals surface area contributed by atoms with Gasteiger partial charge in [-0.3, -0.25) is 4.79 Å². The van der Waals surface area contributed by atoms with Crippen LogP contribution in [0.15, 0.2) is 18.2 Å². The largest absolute Gasteiger partial charge is 0.366 e. The lowest BCUT2D eigenvalue weighted by Gasteiger charge is -2.27. The number of hydrogen-bond donors (Lipinski definition) is 1. The Hall–Kier alpha value is -1.88. The van der Waals surface area contributed by atoms with Gasteiger partial charge in [-0.05, 0) is 80.3 Å². The van der Waals surface area contributed by atoms with Gasteiger partial charge in [0.25, 0.3) is 0 Å². The van der Waals surface area contributed by atoms with Gasteiger partial charge in [-0.15, -0.1) is 11.3 Å². The molecule has 1 aromatic heterocycles. The number of aryl methyl sites for hydroxylation is 1. The van der Waals surface area contributed by atoms with Gasteiger partial charge >= 0.3 is 0 Å². The summed E-state index contributed by atoms with van der Waals surface area (Å²) in [5.74, 6) is 0.883. The average molecular weight is 429 g/mol. The highest BCUT2D eigenvalue weighted by Crippen LogP contribution is 2.37. The van der Waals surface area contributed by atoms with Crippen LogP contribution in [0, 0.1) is 24.9 Å². The molecule has 3 nitrogen and oxygen atoms in total. The second-order valence-corrected chi connectivity index (χ2v) is 10.1. The van der Waals surface area contributed by atoms with E-state index in [4.69, 9.17) is 0 Å². The molecule has 1 N–H and O–H groups in total. The lowest BCUT2D eigenvalue weighted by Crippen LogP contribution is -2.24. The maximum atomic E-state index is 13.5. The lowest BCUT2D eigenvalue weighted by molar-refractivity contribution is -0.116. The van der Waals surface area contributed by atoms with E-state index in [2.05, 4.69) is 30.1 Å². The van der Waals surface area contributed by atoms with Crippen LogP contribution in [0.5, 0.6) is 0 Å². The SMILES string of the molecule is Cc1cc2c(c(C)c1NC(=O)CCC1CCCC1)CCCCN2Cc1ccc(F)s1. The van der Waals surface area contributed by atoms with Crippen molar-refractivity contribution in [1.82, 2.24) is 0 Å². The summed E-state index contributed by atoms with van der Waals surface area (Å²) in [6, 6.07) is 5.67. The van der Waals surface area contributed by atoms with Crippen LogP contribution in [-0.4, -0.2) is 12.5 Å². The van der Waals surface area contributed by atoms with Crippen molar-refractivity contribution in [2.45, 2.75) is 78.2 Å². The molecule has 0 spiro atoms. The lowest BCUT2D eigenvalue weighted by atomic mass is 9.96. The number of anilines is 2. The van der Waals surface area contributed by atoms with E-state index in [9.17, 15) is 9.18 Å². The first-order chi connectivity index (χ1) is 14.5. The van der Waals surface area contributed by atoms with Crippen molar-refractivity contribution in [2.75, 3.05) is 16.8 Å². The van der Waals surface area contributed by atoms with Gasteiger partial charge in [0.2, 0.25) is 5.91 Å². The second-order valence-electron chi connectivity index (χ2n) is 9.01. The van der Waals surface area contributed by atoms with E-state index < -0.39 is 0 Å². The number of halogens is 1. The topological polar surface area (TPSA) is 32.3 Å². The summed E-state index contributed by atoms with van der Waals surface area (Å²) in [6.45, 7) is 5.96. The van der Waals surface area contributed by atoms with Crippen LogP contribution in [0.4, 0.5) is 15.8 Å². The number of carbonyl (C=O) groups is 1. The molecular weight excluding hydrogens is 395 g/mol. The molecule has 1 saturated carbocycles. The number of nitrogens with zero attached hydrogens (tertiary/aromatic N) is 1. The van der Waals surface area contributed by atoms with Crippen LogP contribution >= 0.6 is 11.3 Å². The minimum Gasteiger partial charge on any atom is -0.366 e. The highest BCUT2D eigenvalue weighted by molar-refractivity contribution is 7.10. The molecule has 0 radical (unpaired) electrons. The summed E-state index contributed by atoms with van der Waals surface area (Å²) in [4.78, 5) is 16.1. The van der Waals surface area contributed by atoms with E-state index in [0.29, 0.717) is 6.42 Å². The maximum absolute atomic E-state index is 13.5. The third-order valence-electron chi connectivity index (χ3n) is 6.82. The number of amides is 1. The van der Waals surface area contributed by atoms with E-state index >= 15 is 0 Å². The Labute approximate surface area is 183 Å². The molecule has 0 saturated heterocycles. The molecule has 5 heteroatoms. The van der Waals surface area contributed by atoms with Crippen molar-refractivity contribution in [3.63, 3.8) is 0 Å². The molecule has 0 bridgehead atoms. The molecule has 2 aliphatic rings. The van der Waals surface area contributed by atoms with Crippen LogP contribution in [0.1, 0.15) is 72.9 Å². The van der Waals surface area contributed by atoms with E-state index in [1.807, 2.05) is 6.07 Å². The number of hydrogen-bond acceptors (Lipinski definition) is 3. The van der Waals surface area contributed by atoms with E-state index in [1.54, 1.807) is 6.07 Å². The number of benzene rings is 1. The first-order valence-corrected chi connectivity index (χ1v) is 12.2.